The van der Waals surface area contributed by atoms with Crippen molar-refractivity contribution in [3.63, 3.8) is 0 Å². The van der Waals surface area contributed by atoms with Crippen LogP contribution in [0.2, 0.25) is 0 Å². The minimum Gasteiger partial charge on any atom is -0.497 e. The van der Waals surface area contributed by atoms with Crippen molar-refractivity contribution in [1.29, 1.82) is 0 Å². The van der Waals surface area contributed by atoms with Gasteiger partial charge in [-0.1, -0.05) is 23.5 Å². The van der Waals surface area contributed by atoms with Gasteiger partial charge in [0, 0.05) is 11.8 Å². The van der Waals surface area contributed by atoms with E-state index in [2.05, 4.69) is 10.3 Å². The van der Waals surface area contributed by atoms with Gasteiger partial charge in [-0.3, -0.25) is 9.20 Å². The minimum atomic E-state index is -0.200. The molecule has 0 aliphatic heterocycles. The van der Waals surface area contributed by atoms with Crippen LogP contribution in [0.5, 0.6) is 11.5 Å². The molecule has 0 saturated heterocycles. The van der Waals surface area contributed by atoms with E-state index in [-0.39, 0.29) is 5.91 Å². The fourth-order valence-electron chi connectivity index (χ4n) is 2.96. The Morgan fingerprint density at radius 2 is 1.96 bits per heavy atom. The number of benzene rings is 2. The van der Waals surface area contributed by atoms with Gasteiger partial charge in [-0.25, -0.2) is 4.98 Å². The summed E-state index contributed by atoms with van der Waals surface area (Å²) >= 11 is 1.37. The fraction of sp³-hybridized carbons (Fsp3) is 0.158. The third kappa shape index (κ3) is 2.57. The van der Waals surface area contributed by atoms with Gasteiger partial charge in [-0.15, -0.1) is 0 Å². The number of fused-ring (bicyclic) bond motifs is 3. The molecule has 1 amide bonds. The molecule has 1 N–H and O–H groups in total. The topological polar surface area (TPSA) is 64.9 Å². The van der Waals surface area contributed by atoms with Crippen molar-refractivity contribution in [2.45, 2.75) is 6.92 Å². The Morgan fingerprint density at radius 3 is 2.73 bits per heavy atom. The van der Waals surface area contributed by atoms with E-state index >= 15 is 0 Å². The van der Waals surface area contributed by atoms with E-state index in [4.69, 9.17) is 9.47 Å². The quantitative estimate of drug-likeness (QED) is 0.589. The number of aryl methyl sites for hydroxylation is 1. The number of nitrogens with zero attached hydrogens (tertiary/aromatic N) is 2. The van der Waals surface area contributed by atoms with Crippen LogP contribution in [0.4, 0.5) is 5.69 Å². The summed E-state index contributed by atoms with van der Waals surface area (Å²) in [7, 11) is 3.14. The molecule has 26 heavy (non-hydrogen) atoms. The van der Waals surface area contributed by atoms with Crippen LogP contribution in [0.25, 0.3) is 16.0 Å². The van der Waals surface area contributed by atoms with Crippen LogP contribution in [0, 0.1) is 6.92 Å². The largest absolute Gasteiger partial charge is 0.497 e. The predicted octanol–water partition coefficient (Wildman–Crippen LogP) is 4.13. The smallest absolute Gasteiger partial charge is 0.267 e. The summed E-state index contributed by atoms with van der Waals surface area (Å²) < 4.78 is 12.6. The molecular formula is C19H17N3O3S. The molecule has 0 unspecified atom stereocenters. The van der Waals surface area contributed by atoms with Crippen molar-refractivity contribution in [3.05, 3.63) is 53.0 Å². The monoisotopic (exact) mass is 367 g/mol. The first kappa shape index (κ1) is 16.4. The third-order valence-electron chi connectivity index (χ3n) is 4.25. The van der Waals surface area contributed by atoms with Gasteiger partial charge in [-0.05, 0) is 31.2 Å². The third-order valence-corrected chi connectivity index (χ3v) is 5.39. The second-order valence-corrected chi connectivity index (χ2v) is 6.73. The van der Waals surface area contributed by atoms with Crippen LogP contribution < -0.4 is 14.8 Å². The van der Waals surface area contributed by atoms with Crippen LogP contribution in [0.1, 0.15) is 15.4 Å². The number of hydrogen-bond acceptors (Lipinski definition) is 5. The number of methoxy groups -OCH3 is 2. The zero-order valence-electron chi connectivity index (χ0n) is 14.6. The maximum Gasteiger partial charge on any atom is 0.267 e. The number of rotatable bonds is 4. The maximum atomic E-state index is 12.9. The highest BCUT2D eigenvalue weighted by Crippen LogP contribution is 2.32. The number of amides is 1. The standard InChI is InChI=1S/C19H17N3O3S/c1-11-17(26-19-21-13-6-4-5-7-15(13)22(11)19)18(23)20-14-10-12(24-2)8-9-16(14)25-3/h4-10H,1-3H3,(H,20,23). The van der Waals surface area contributed by atoms with Gasteiger partial charge in [0.1, 0.15) is 16.4 Å². The van der Waals surface area contributed by atoms with E-state index in [9.17, 15) is 4.79 Å². The molecule has 132 valence electrons. The number of thiazole rings is 1. The van der Waals surface area contributed by atoms with Gasteiger partial charge >= 0.3 is 0 Å². The number of anilines is 1. The normalized spacial score (nSPS) is 11.0. The highest BCUT2D eigenvalue weighted by atomic mass is 32.1. The number of carbonyl (C=O) groups excluding carboxylic acids is 1. The number of hydrogen-bond donors (Lipinski definition) is 1. The molecule has 2 aromatic carbocycles. The zero-order chi connectivity index (χ0) is 18.3. The number of aromatic nitrogens is 2. The van der Waals surface area contributed by atoms with Gasteiger partial charge in [0.25, 0.3) is 5.91 Å². The van der Waals surface area contributed by atoms with Crippen molar-refractivity contribution in [1.82, 2.24) is 9.38 Å². The number of nitrogens with one attached hydrogen (secondary N) is 1. The number of para-hydroxylation sites is 2. The molecule has 0 radical (unpaired) electrons. The van der Waals surface area contributed by atoms with Crippen molar-refractivity contribution in [2.24, 2.45) is 0 Å². The maximum absolute atomic E-state index is 12.9. The van der Waals surface area contributed by atoms with Gasteiger partial charge in [0.05, 0.1) is 30.9 Å². The number of carbonyl (C=O) groups is 1. The minimum absolute atomic E-state index is 0.200. The van der Waals surface area contributed by atoms with Crippen LogP contribution in [-0.4, -0.2) is 29.5 Å². The molecule has 0 saturated carbocycles. The summed E-state index contributed by atoms with van der Waals surface area (Å²) in [5.41, 5.74) is 3.34. The molecule has 4 rings (SSSR count). The van der Waals surface area contributed by atoms with Gasteiger partial charge in [-0.2, -0.15) is 0 Å². The van der Waals surface area contributed by atoms with Gasteiger partial charge in [0.2, 0.25) is 0 Å². The summed E-state index contributed by atoms with van der Waals surface area (Å²) in [6.07, 6.45) is 0. The Balaban J connectivity index is 1.74. The Kier molecular flexibility index (Phi) is 4.00. The van der Waals surface area contributed by atoms with E-state index in [0.29, 0.717) is 22.1 Å². The second-order valence-electron chi connectivity index (χ2n) is 5.76. The van der Waals surface area contributed by atoms with Crippen molar-refractivity contribution < 1.29 is 14.3 Å². The predicted molar refractivity (Wildman–Crippen MR) is 103 cm³/mol. The van der Waals surface area contributed by atoms with Crippen LogP contribution >= 0.6 is 11.3 Å². The lowest BCUT2D eigenvalue weighted by molar-refractivity contribution is 0.102. The number of imidazole rings is 1. The average molecular weight is 367 g/mol. The molecule has 0 aliphatic carbocycles. The molecule has 0 aliphatic rings. The van der Waals surface area contributed by atoms with E-state index < -0.39 is 0 Å². The van der Waals surface area contributed by atoms with Crippen molar-refractivity contribution in [2.75, 3.05) is 19.5 Å². The lowest BCUT2D eigenvalue weighted by Gasteiger charge is -2.11. The second kappa shape index (κ2) is 6.34. The molecular weight excluding hydrogens is 350 g/mol. The molecule has 7 heteroatoms. The molecule has 4 aromatic rings. The Bertz CT molecular complexity index is 1130. The first-order chi connectivity index (χ1) is 12.6. The van der Waals surface area contributed by atoms with E-state index in [1.165, 1.54) is 11.3 Å². The van der Waals surface area contributed by atoms with Crippen LogP contribution in [0.3, 0.4) is 0 Å². The molecule has 0 bridgehead atoms. The number of ether oxygens (including phenoxy) is 2. The summed E-state index contributed by atoms with van der Waals surface area (Å²) in [5, 5.41) is 2.92. The van der Waals surface area contributed by atoms with Gasteiger partial charge in [0.15, 0.2) is 4.96 Å². The van der Waals surface area contributed by atoms with Crippen LogP contribution in [-0.2, 0) is 0 Å². The molecule has 2 aromatic heterocycles. The molecule has 0 atom stereocenters. The van der Waals surface area contributed by atoms with E-state index in [0.717, 1.165) is 21.7 Å². The molecule has 0 fully saturated rings. The van der Waals surface area contributed by atoms with Gasteiger partial charge < -0.3 is 14.8 Å². The lowest BCUT2D eigenvalue weighted by Crippen LogP contribution is -2.13. The molecule has 0 spiro atoms. The van der Waals surface area contributed by atoms with Crippen LogP contribution in [0.15, 0.2) is 42.5 Å². The van der Waals surface area contributed by atoms with E-state index in [1.807, 2.05) is 35.6 Å². The Labute approximate surface area is 154 Å². The highest BCUT2D eigenvalue weighted by Gasteiger charge is 2.20. The summed E-state index contributed by atoms with van der Waals surface area (Å²) in [6, 6.07) is 13.2. The Hall–Kier alpha value is -3.06. The Morgan fingerprint density at radius 1 is 1.15 bits per heavy atom. The van der Waals surface area contributed by atoms with Crippen molar-refractivity contribution in [3.8, 4) is 11.5 Å². The highest BCUT2D eigenvalue weighted by molar-refractivity contribution is 7.19. The van der Waals surface area contributed by atoms with E-state index in [1.54, 1.807) is 32.4 Å². The lowest BCUT2D eigenvalue weighted by atomic mass is 10.2. The summed E-state index contributed by atoms with van der Waals surface area (Å²) in [5.74, 6) is 1.02. The summed E-state index contributed by atoms with van der Waals surface area (Å²) in [6.45, 7) is 1.93. The molecule has 6 nitrogen and oxygen atoms in total. The fourth-order valence-corrected chi connectivity index (χ4v) is 4.00. The van der Waals surface area contributed by atoms with Crippen molar-refractivity contribution >= 4 is 38.9 Å². The molecule has 2 heterocycles. The average Bonchev–Trinajstić information content (AvgIpc) is 3.18. The summed E-state index contributed by atoms with van der Waals surface area (Å²) in [4.78, 5) is 18.9. The zero-order valence-corrected chi connectivity index (χ0v) is 15.4. The SMILES string of the molecule is COc1ccc(OC)c(NC(=O)c2sc3nc4ccccc4n3c2C)c1. The first-order valence-corrected chi connectivity index (χ1v) is 8.84. The first-order valence-electron chi connectivity index (χ1n) is 8.02.